The third kappa shape index (κ3) is 2.29. The highest BCUT2D eigenvalue weighted by Crippen LogP contribution is 2.47. The van der Waals surface area contributed by atoms with E-state index >= 15 is 0 Å². The largest absolute Gasteiger partial charge is 0.464 e. The molecule has 3 nitrogen and oxygen atoms in total. The molecule has 1 aromatic rings. The van der Waals surface area contributed by atoms with Crippen molar-refractivity contribution < 1.29 is 4.42 Å². The van der Waals surface area contributed by atoms with Crippen LogP contribution in [0.15, 0.2) is 16.5 Å². The molecule has 1 saturated carbocycles. The number of nitrogens with two attached hydrogens (primary N) is 1. The lowest BCUT2D eigenvalue weighted by Crippen LogP contribution is -2.28. The van der Waals surface area contributed by atoms with Crippen LogP contribution in [0.5, 0.6) is 0 Å². The monoisotopic (exact) mass is 218 g/mol. The predicted octanol–water partition coefficient (Wildman–Crippen LogP) is 1.63. The van der Waals surface area contributed by atoms with Crippen molar-refractivity contribution >= 4 is 0 Å². The summed E-state index contributed by atoms with van der Waals surface area (Å²) in [5.41, 5.74) is 5.68. The lowest BCUT2D eigenvalue weighted by atomic mass is 10.2. The molecule has 1 aliphatic rings. The van der Waals surface area contributed by atoms with Crippen molar-refractivity contribution in [2.24, 2.45) is 11.7 Å². The Hall–Kier alpha value is -1.24. The summed E-state index contributed by atoms with van der Waals surface area (Å²) in [6.07, 6.45) is 6.44. The Morgan fingerprint density at radius 1 is 1.69 bits per heavy atom. The van der Waals surface area contributed by atoms with Crippen molar-refractivity contribution in [3.05, 3.63) is 23.7 Å². The molecule has 0 aliphatic heterocycles. The van der Waals surface area contributed by atoms with Crippen molar-refractivity contribution in [1.82, 2.24) is 5.32 Å². The van der Waals surface area contributed by atoms with Crippen molar-refractivity contribution in [3.8, 4) is 12.3 Å². The number of hydrogen-bond donors (Lipinski definition) is 2. The van der Waals surface area contributed by atoms with Gasteiger partial charge in [0, 0.05) is 12.5 Å². The number of hydrogen-bond acceptors (Lipinski definition) is 3. The summed E-state index contributed by atoms with van der Waals surface area (Å²) in [6.45, 7) is 3.25. The first kappa shape index (κ1) is 11.3. The minimum Gasteiger partial charge on any atom is -0.464 e. The summed E-state index contributed by atoms with van der Waals surface area (Å²) < 4.78 is 5.82. The fourth-order valence-electron chi connectivity index (χ4n) is 1.96. The van der Waals surface area contributed by atoms with E-state index in [1.165, 1.54) is 6.42 Å². The summed E-state index contributed by atoms with van der Waals surface area (Å²) >= 11 is 0. The summed E-state index contributed by atoms with van der Waals surface area (Å²) in [7, 11) is 0. The molecule has 3 unspecified atom stereocenters. The van der Waals surface area contributed by atoms with E-state index in [0.29, 0.717) is 19.0 Å². The minimum atomic E-state index is 0.0267. The van der Waals surface area contributed by atoms with Crippen LogP contribution in [0.1, 0.15) is 36.8 Å². The Morgan fingerprint density at radius 2 is 2.44 bits per heavy atom. The molecule has 86 valence electrons. The SMILES string of the molecule is C#CCNC(CN)c1ccc(C2CC2C)o1. The second kappa shape index (κ2) is 4.73. The quantitative estimate of drug-likeness (QED) is 0.738. The summed E-state index contributed by atoms with van der Waals surface area (Å²) in [5.74, 6) is 5.89. The first-order valence-electron chi connectivity index (χ1n) is 5.72. The molecule has 16 heavy (non-hydrogen) atoms. The molecule has 1 heterocycles. The third-order valence-corrected chi connectivity index (χ3v) is 3.15. The molecule has 3 heteroatoms. The van der Waals surface area contributed by atoms with Gasteiger partial charge < -0.3 is 10.2 Å². The van der Waals surface area contributed by atoms with Gasteiger partial charge in [-0.1, -0.05) is 12.8 Å². The molecule has 0 radical (unpaired) electrons. The van der Waals surface area contributed by atoms with Gasteiger partial charge in [-0.15, -0.1) is 6.42 Å². The van der Waals surface area contributed by atoms with Crippen LogP contribution in [0, 0.1) is 18.3 Å². The van der Waals surface area contributed by atoms with E-state index in [4.69, 9.17) is 16.6 Å². The van der Waals surface area contributed by atoms with Gasteiger partial charge in [0.05, 0.1) is 12.6 Å². The van der Waals surface area contributed by atoms with Crippen LogP contribution >= 0.6 is 0 Å². The van der Waals surface area contributed by atoms with Crippen LogP contribution in [0.3, 0.4) is 0 Å². The maximum absolute atomic E-state index is 5.82. The van der Waals surface area contributed by atoms with Crippen LogP contribution in [-0.2, 0) is 0 Å². The predicted molar refractivity (Wildman–Crippen MR) is 63.9 cm³/mol. The van der Waals surface area contributed by atoms with E-state index in [1.54, 1.807) is 0 Å². The molecule has 1 aliphatic carbocycles. The highest BCUT2D eigenvalue weighted by atomic mass is 16.3. The van der Waals surface area contributed by atoms with E-state index in [-0.39, 0.29) is 6.04 Å². The van der Waals surface area contributed by atoms with Gasteiger partial charge in [0.1, 0.15) is 11.5 Å². The van der Waals surface area contributed by atoms with Crippen molar-refractivity contribution in [2.45, 2.75) is 25.3 Å². The fraction of sp³-hybridized carbons (Fsp3) is 0.538. The maximum atomic E-state index is 5.82. The topological polar surface area (TPSA) is 51.2 Å². The molecule has 0 bridgehead atoms. The molecule has 3 N–H and O–H groups in total. The van der Waals surface area contributed by atoms with Gasteiger partial charge in [0.15, 0.2) is 0 Å². The van der Waals surface area contributed by atoms with Crippen molar-refractivity contribution in [2.75, 3.05) is 13.1 Å². The highest BCUT2D eigenvalue weighted by molar-refractivity contribution is 5.19. The van der Waals surface area contributed by atoms with Gasteiger partial charge in [0.2, 0.25) is 0 Å². The molecule has 1 fully saturated rings. The zero-order chi connectivity index (χ0) is 11.5. The fourth-order valence-corrected chi connectivity index (χ4v) is 1.96. The number of furan rings is 1. The molecular formula is C13H18N2O. The summed E-state index contributed by atoms with van der Waals surface area (Å²) in [6, 6.07) is 4.09. The van der Waals surface area contributed by atoms with Crippen LogP contribution in [-0.4, -0.2) is 13.1 Å². The normalized spacial score (nSPS) is 25.1. The highest BCUT2D eigenvalue weighted by Gasteiger charge is 2.36. The minimum absolute atomic E-state index is 0.0267. The summed E-state index contributed by atoms with van der Waals surface area (Å²) in [5, 5.41) is 3.16. The van der Waals surface area contributed by atoms with Gasteiger partial charge in [-0.2, -0.15) is 0 Å². The zero-order valence-electron chi connectivity index (χ0n) is 9.57. The van der Waals surface area contributed by atoms with Crippen LogP contribution < -0.4 is 11.1 Å². The van der Waals surface area contributed by atoms with E-state index in [2.05, 4.69) is 24.2 Å². The van der Waals surface area contributed by atoms with E-state index in [0.717, 1.165) is 17.4 Å². The molecule has 0 aromatic carbocycles. The lowest BCUT2D eigenvalue weighted by molar-refractivity contribution is 0.403. The van der Waals surface area contributed by atoms with E-state index < -0.39 is 0 Å². The van der Waals surface area contributed by atoms with E-state index in [1.807, 2.05) is 6.07 Å². The lowest BCUT2D eigenvalue weighted by Gasteiger charge is -2.11. The Labute approximate surface area is 96.4 Å². The maximum Gasteiger partial charge on any atom is 0.122 e. The zero-order valence-corrected chi connectivity index (χ0v) is 9.57. The van der Waals surface area contributed by atoms with Crippen LogP contribution in [0.2, 0.25) is 0 Å². The number of rotatable bonds is 5. The number of terminal acetylenes is 1. The first-order valence-corrected chi connectivity index (χ1v) is 5.72. The van der Waals surface area contributed by atoms with Crippen LogP contribution in [0.4, 0.5) is 0 Å². The Kier molecular flexibility index (Phi) is 3.33. The molecule has 2 rings (SSSR count). The van der Waals surface area contributed by atoms with Gasteiger partial charge in [-0.25, -0.2) is 0 Å². The summed E-state index contributed by atoms with van der Waals surface area (Å²) in [4.78, 5) is 0. The second-order valence-corrected chi connectivity index (χ2v) is 4.43. The van der Waals surface area contributed by atoms with Gasteiger partial charge in [-0.05, 0) is 24.5 Å². The molecule has 3 atom stereocenters. The third-order valence-electron chi connectivity index (χ3n) is 3.15. The van der Waals surface area contributed by atoms with E-state index in [9.17, 15) is 0 Å². The van der Waals surface area contributed by atoms with Crippen LogP contribution in [0.25, 0.3) is 0 Å². The number of nitrogens with one attached hydrogen (secondary N) is 1. The average Bonchev–Trinajstić information content (AvgIpc) is 2.82. The first-order chi connectivity index (χ1) is 7.76. The smallest absolute Gasteiger partial charge is 0.122 e. The Morgan fingerprint density at radius 3 is 3.00 bits per heavy atom. The molecule has 0 spiro atoms. The Balaban J connectivity index is 2.02. The molecule has 0 amide bonds. The van der Waals surface area contributed by atoms with Crippen molar-refractivity contribution in [3.63, 3.8) is 0 Å². The standard InChI is InChI=1S/C13H18N2O/c1-3-6-15-11(8-14)13-5-4-12(16-13)10-7-9(10)2/h1,4-5,9-11,15H,6-8,14H2,2H3. The molecular weight excluding hydrogens is 200 g/mol. The van der Waals surface area contributed by atoms with Crippen molar-refractivity contribution in [1.29, 1.82) is 0 Å². The Bertz CT molecular complexity index is 391. The van der Waals surface area contributed by atoms with Gasteiger partial charge in [-0.3, -0.25) is 5.32 Å². The van der Waals surface area contributed by atoms with Gasteiger partial charge in [0.25, 0.3) is 0 Å². The average molecular weight is 218 g/mol. The molecule has 0 saturated heterocycles. The van der Waals surface area contributed by atoms with Gasteiger partial charge >= 0.3 is 0 Å². The second-order valence-electron chi connectivity index (χ2n) is 4.43. The molecule has 1 aromatic heterocycles.